The monoisotopic (exact) mass is 289 g/mol. The molecule has 5 heteroatoms. The van der Waals surface area contributed by atoms with Gasteiger partial charge in [0.25, 0.3) is 5.91 Å². The molecule has 4 N–H and O–H groups in total. The van der Waals surface area contributed by atoms with E-state index >= 15 is 0 Å². The van der Waals surface area contributed by atoms with Crippen molar-refractivity contribution >= 4 is 28.9 Å². The SMILES string of the molecule is CCc1ccccc1NC(=O)c1cc(Cl)ccc1NN. The van der Waals surface area contributed by atoms with Gasteiger partial charge in [-0.2, -0.15) is 0 Å². The summed E-state index contributed by atoms with van der Waals surface area (Å²) >= 11 is 5.93. The highest BCUT2D eigenvalue weighted by molar-refractivity contribution is 6.31. The second kappa shape index (κ2) is 6.41. The Kier molecular flexibility index (Phi) is 4.61. The average Bonchev–Trinajstić information content (AvgIpc) is 2.47. The number of carbonyl (C=O) groups is 1. The molecule has 0 aliphatic carbocycles. The number of nitrogen functional groups attached to an aromatic ring is 1. The standard InChI is InChI=1S/C15H16ClN3O/c1-2-10-5-3-4-6-13(10)18-15(20)12-9-11(16)7-8-14(12)19-17/h3-9,19H,2,17H2,1H3,(H,18,20). The fourth-order valence-electron chi connectivity index (χ4n) is 1.97. The lowest BCUT2D eigenvalue weighted by Crippen LogP contribution is -2.17. The summed E-state index contributed by atoms with van der Waals surface area (Å²) in [7, 11) is 0. The van der Waals surface area contributed by atoms with Crippen LogP contribution < -0.4 is 16.6 Å². The van der Waals surface area contributed by atoms with Gasteiger partial charge < -0.3 is 10.7 Å². The molecule has 4 nitrogen and oxygen atoms in total. The lowest BCUT2D eigenvalue weighted by Gasteiger charge is -2.12. The predicted octanol–water partition coefficient (Wildman–Crippen LogP) is 3.44. The molecular weight excluding hydrogens is 274 g/mol. The van der Waals surface area contributed by atoms with E-state index in [1.54, 1.807) is 18.2 Å². The lowest BCUT2D eigenvalue weighted by atomic mass is 10.1. The molecule has 2 rings (SSSR count). The van der Waals surface area contributed by atoms with Crippen molar-refractivity contribution in [3.63, 3.8) is 0 Å². The molecule has 20 heavy (non-hydrogen) atoms. The molecule has 0 unspecified atom stereocenters. The van der Waals surface area contributed by atoms with Gasteiger partial charge in [-0.1, -0.05) is 36.7 Å². The van der Waals surface area contributed by atoms with Crippen LogP contribution in [0.1, 0.15) is 22.8 Å². The Morgan fingerprint density at radius 1 is 1.20 bits per heavy atom. The van der Waals surface area contributed by atoms with E-state index in [9.17, 15) is 4.79 Å². The number of carbonyl (C=O) groups excluding carboxylic acids is 1. The van der Waals surface area contributed by atoms with E-state index in [0.717, 1.165) is 17.7 Å². The molecule has 0 atom stereocenters. The Balaban J connectivity index is 2.30. The third-order valence-electron chi connectivity index (χ3n) is 3.03. The summed E-state index contributed by atoms with van der Waals surface area (Å²) in [6.45, 7) is 2.04. The molecule has 0 saturated heterocycles. The molecule has 1 amide bonds. The first-order chi connectivity index (χ1) is 9.65. The molecule has 0 aliphatic rings. The largest absolute Gasteiger partial charge is 0.323 e. The van der Waals surface area contributed by atoms with Gasteiger partial charge in [0, 0.05) is 10.7 Å². The van der Waals surface area contributed by atoms with Crippen molar-refractivity contribution in [2.75, 3.05) is 10.7 Å². The molecule has 0 heterocycles. The smallest absolute Gasteiger partial charge is 0.257 e. The summed E-state index contributed by atoms with van der Waals surface area (Å²) < 4.78 is 0. The Hall–Kier alpha value is -2.04. The maximum absolute atomic E-state index is 12.3. The van der Waals surface area contributed by atoms with Crippen molar-refractivity contribution in [1.29, 1.82) is 0 Å². The van der Waals surface area contributed by atoms with Crippen LogP contribution in [-0.4, -0.2) is 5.91 Å². The lowest BCUT2D eigenvalue weighted by molar-refractivity contribution is 0.102. The Bertz CT molecular complexity index is 628. The van der Waals surface area contributed by atoms with Crippen LogP contribution in [0.5, 0.6) is 0 Å². The van der Waals surface area contributed by atoms with Crippen LogP contribution in [-0.2, 0) is 6.42 Å². The number of hydrogen-bond acceptors (Lipinski definition) is 3. The van der Waals surface area contributed by atoms with Crippen LogP contribution >= 0.6 is 11.6 Å². The van der Waals surface area contributed by atoms with Gasteiger partial charge in [-0.05, 0) is 36.2 Å². The minimum atomic E-state index is -0.249. The molecule has 2 aromatic rings. The fraction of sp³-hybridized carbons (Fsp3) is 0.133. The highest BCUT2D eigenvalue weighted by atomic mass is 35.5. The van der Waals surface area contributed by atoms with E-state index < -0.39 is 0 Å². The quantitative estimate of drug-likeness (QED) is 0.596. The van der Waals surface area contributed by atoms with Gasteiger partial charge in [-0.15, -0.1) is 0 Å². The number of benzene rings is 2. The molecule has 2 aromatic carbocycles. The first-order valence-corrected chi connectivity index (χ1v) is 6.69. The first kappa shape index (κ1) is 14.4. The maximum atomic E-state index is 12.3. The molecule has 0 spiro atoms. The van der Waals surface area contributed by atoms with Gasteiger partial charge in [-0.3, -0.25) is 10.6 Å². The molecule has 0 bridgehead atoms. The third-order valence-corrected chi connectivity index (χ3v) is 3.26. The van der Waals surface area contributed by atoms with Gasteiger partial charge in [0.2, 0.25) is 0 Å². The van der Waals surface area contributed by atoms with Gasteiger partial charge in [-0.25, -0.2) is 0 Å². The number of para-hydroxylation sites is 1. The van der Waals surface area contributed by atoms with Crippen molar-refractivity contribution in [2.45, 2.75) is 13.3 Å². The number of hydrogen-bond donors (Lipinski definition) is 3. The number of aryl methyl sites for hydroxylation is 1. The van der Waals surface area contributed by atoms with Crippen molar-refractivity contribution in [3.8, 4) is 0 Å². The van der Waals surface area contributed by atoms with Crippen LogP contribution in [0.25, 0.3) is 0 Å². The summed E-state index contributed by atoms with van der Waals surface area (Å²) in [5.74, 6) is 5.17. The van der Waals surface area contributed by atoms with Crippen molar-refractivity contribution in [3.05, 3.63) is 58.6 Å². The zero-order chi connectivity index (χ0) is 14.5. The molecular formula is C15H16ClN3O. The number of nitrogens with one attached hydrogen (secondary N) is 2. The van der Waals surface area contributed by atoms with E-state index in [4.69, 9.17) is 17.4 Å². The Labute approximate surface area is 122 Å². The number of rotatable bonds is 4. The van der Waals surface area contributed by atoms with E-state index in [-0.39, 0.29) is 5.91 Å². The van der Waals surface area contributed by atoms with Crippen LogP contribution in [0, 0.1) is 0 Å². The summed E-state index contributed by atoms with van der Waals surface area (Å²) in [4.78, 5) is 12.3. The number of anilines is 2. The van der Waals surface area contributed by atoms with Crippen molar-refractivity contribution in [2.24, 2.45) is 5.84 Å². The fourth-order valence-corrected chi connectivity index (χ4v) is 2.14. The third kappa shape index (κ3) is 3.10. The number of halogens is 1. The predicted molar refractivity (Wildman–Crippen MR) is 83.0 cm³/mol. The van der Waals surface area contributed by atoms with Crippen LogP contribution in [0.2, 0.25) is 5.02 Å². The molecule has 104 valence electrons. The van der Waals surface area contributed by atoms with Crippen LogP contribution in [0.4, 0.5) is 11.4 Å². The zero-order valence-electron chi connectivity index (χ0n) is 11.1. The second-order valence-corrected chi connectivity index (χ2v) is 4.74. The molecule has 0 radical (unpaired) electrons. The number of hydrazine groups is 1. The van der Waals surface area contributed by atoms with Crippen molar-refractivity contribution in [1.82, 2.24) is 0 Å². The van der Waals surface area contributed by atoms with E-state index in [0.29, 0.717) is 16.3 Å². The van der Waals surface area contributed by atoms with Gasteiger partial charge >= 0.3 is 0 Å². The highest BCUT2D eigenvalue weighted by Crippen LogP contribution is 2.22. The van der Waals surface area contributed by atoms with Crippen LogP contribution in [0.3, 0.4) is 0 Å². The Morgan fingerprint density at radius 3 is 2.65 bits per heavy atom. The number of amides is 1. The summed E-state index contributed by atoms with van der Waals surface area (Å²) in [5.41, 5.74) is 5.30. The minimum Gasteiger partial charge on any atom is -0.323 e. The maximum Gasteiger partial charge on any atom is 0.257 e. The van der Waals surface area contributed by atoms with Gasteiger partial charge in [0.1, 0.15) is 0 Å². The van der Waals surface area contributed by atoms with Gasteiger partial charge in [0.15, 0.2) is 0 Å². The molecule has 0 fully saturated rings. The number of nitrogens with two attached hydrogens (primary N) is 1. The van der Waals surface area contributed by atoms with E-state index in [1.807, 2.05) is 31.2 Å². The van der Waals surface area contributed by atoms with Crippen molar-refractivity contribution < 1.29 is 4.79 Å². The topological polar surface area (TPSA) is 67.2 Å². The average molecular weight is 290 g/mol. The van der Waals surface area contributed by atoms with Gasteiger partial charge in [0.05, 0.1) is 11.3 Å². The normalized spacial score (nSPS) is 10.2. The molecule has 0 saturated carbocycles. The van der Waals surface area contributed by atoms with E-state index in [1.165, 1.54) is 0 Å². The molecule has 0 aliphatic heterocycles. The highest BCUT2D eigenvalue weighted by Gasteiger charge is 2.13. The first-order valence-electron chi connectivity index (χ1n) is 6.31. The summed E-state index contributed by atoms with van der Waals surface area (Å²) in [6.07, 6.45) is 0.841. The molecule has 0 aromatic heterocycles. The Morgan fingerprint density at radius 2 is 1.95 bits per heavy atom. The zero-order valence-corrected chi connectivity index (χ0v) is 11.9. The second-order valence-electron chi connectivity index (χ2n) is 4.30. The summed E-state index contributed by atoms with van der Waals surface area (Å²) in [6, 6.07) is 12.6. The van der Waals surface area contributed by atoms with Crippen LogP contribution in [0.15, 0.2) is 42.5 Å². The summed E-state index contributed by atoms with van der Waals surface area (Å²) in [5, 5.41) is 3.37. The van der Waals surface area contributed by atoms with E-state index in [2.05, 4.69) is 10.7 Å². The minimum absolute atomic E-state index is 0.249.